The van der Waals surface area contributed by atoms with Gasteiger partial charge in [0.05, 0.1) is 11.4 Å². The Balaban J connectivity index is 1.89. The number of nitrogens with zero attached hydrogens (tertiary/aromatic N) is 2. The van der Waals surface area contributed by atoms with Gasteiger partial charge < -0.3 is 22.1 Å². The van der Waals surface area contributed by atoms with E-state index in [4.69, 9.17) is 11.5 Å². The Hall–Kier alpha value is -2.72. The molecule has 0 bridgehead atoms. The SMILES string of the molecule is CCc1nc(C(N)=O)c(Nc2cccc(C[SH](=O)=O)c2)nc1NCC1(N)CCCCC1. The summed E-state index contributed by atoms with van der Waals surface area (Å²) in [7, 11) is -2.54. The molecular weight excluding hydrogens is 416 g/mol. The Bertz CT molecular complexity index is 1010. The second-order valence-electron chi connectivity index (χ2n) is 8.03. The third kappa shape index (κ3) is 6.14. The molecule has 1 aromatic carbocycles. The van der Waals surface area contributed by atoms with Gasteiger partial charge >= 0.3 is 0 Å². The van der Waals surface area contributed by atoms with E-state index in [-0.39, 0.29) is 22.8 Å². The number of aryl methyl sites for hydroxylation is 1. The molecule has 0 aliphatic heterocycles. The molecule has 1 aromatic heterocycles. The van der Waals surface area contributed by atoms with Gasteiger partial charge in [-0.25, -0.2) is 18.4 Å². The molecule has 0 saturated heterocycles. The summed E-state index contributed by atoms with van der Waals surface area (Å²) in [6.45, 7) is 2.50. The van der Waals surface area contributed by atoms with Crippen LogP contribution in [0.15, 0.2) is 24.3 Å². The summed E-state index contributed by atoms with van der Waals surface area (Å²) in [5, 5.41) is 6.40. The van der Waals surface area contributed by atoms with E-state index in [1.165, 1.54) is 6.42 Å². The van der Waals surface area contributed by atoms with E-state index in [0.29, 0.717) is 35.7 Å². The summed E-state index contributed by atoms with van der Waals surface area (Å²) in [6, 6.07) is 6.89. The van der Waals surface area contributed by atoms with Gasteiger partial charge in [-0.1, -0.05) is 38.3 Å². The van der Waals surface area contributed by atoms with Crippen LogP contribution in [0.25, 0.3) is 0 Å². The molecule has 0 unspecified atom stereocenters. The molecule has 168 valence electrons. The molecule has 1 fully saturated rings. The van der Waals surface area contributed by atoms with Crippen molar-refractivity contribution in [2.24, 2.45) is 11.5 Å². The van der Waals surface area contributed by atoms with E-state index in [0.717, 1.165) is 25.7 Å². The first kappa shape index (κ1) is 23.0. The maximum absolute atomic E-state index is 12.0. The highest BCUT2D eigenvalue weighted by Crippen LogP contribution is 2.28. The van der Waals surface area contributed by atoms with Gasteiger partial charge in [0.15, 0.2) is 11.5 Å². The van der Waals surface area contributed by atoms with Crippen LogP contribution >= 0.6 is 0 Å². The molecule has 6 N–H and O–H groups in total. The molecule has 2 aromatic rings. The molecule has 0 radical (unpaired) electrons. The Morgan fingerprint density at radius 2 is 1.90 bits per heavy atom. The highest BCUT2D eigenvalue weighted by atomic mass is 32.2. The summed E-state index contributed by atoms with van der Waals surface area (Å²) >= 11 is 0. The highest BCUT2D eigenvalue weighted by molar-refractivity contribution is 7.71. The van der Waals surface area contributed by atoms with Crippen LogP contribution < -0.4 is 22.1 Å². The lowest BCUT2D eigenvalue weighted by Gasteiger charge is -2.33. The zero-order valence-corrected chi connectivity index (χ0v) is 18.6. The van der Waals surface area contributed by atoms with Crippen LogP contribution in [0.5, 0.6) is 0 Å². The van der Waals surface area contributed by atoms with E-state index in [2.05, 4.69) is 20.6 Å². The van der Waals surface area contributed by atoms with Crippen molar-refractivity contribution in [2.75, 3.05) is 17.2 Å². The summed E-state index contributed by atoms with van der Waals surface area (Å²) in [4.78, 5) is 21.1. The van der Waals surface area contributed by atoms with Crippen molar-refractivity contribution in [2.45, 2.75) is 56.7 Å². The number of hydrogen-bond acceptors (Lipinski definition) is 8. The number of anilines is 3. The van der Waals surface area contributed by atoms with Crippen molar-refractivity contribution in [3.8, 4) is 0 Å². The highest BCUT2D eigenvalue weighted by Gasteiger charge is 2.28. The summed E-state index contributed by atoms with van der Waals surface area (Å²) in [5.41, 5.74) is 13.7. The van der Waals surface area contributed by atoms with Crippen molar-refractivity contribution >= 4 is 33.9 Å². The Labute approximate surface area is 184 Å². The largest absolute Gasteiger partial charge is 0.367 e. The number of aromatic nitrogens is 2. The van der Waals surface area contributed by atoms with Crippen molar-refractivity contribution in [3.63, 3.8) is 0 Å². The van der Waals surface area contributed by atoms with Gasteiger partial charge in [-0.2, -0.15) is 0 Å². The molecule has 0 atom stereocenters. The average molecular weight is 447 g/mol. The number of benzene rings is 1. The minimum Gasteiger partial charge on any atom is -0.367 e. The second-order valence-corrected chi connectivity index (χ2v) is 9.01. The van der Waals surface area contributed by atoms with Crippen LogP contribution in [-0.4, -0.2) is 36.4 Å². The van der Waals surface area contributed by atoms with Crippen LogP contribution in [0, 0.1) is 0 Å². The lowest BCUT2D eigenvalue weighted by molar-refractivity contribution is 0.0996. The van der Waals surface area contributed by atoms with Gasteiger partial charge in [-0.05, 0) is 37.0 Å². The molecule has 9 nitrogen and oxygen atoms in total. The Morgan fingerprint density at radius 3 is 2.55 bits per heavy atom. The topological polar surface area (TPSA) is 153 Å². The lowest BCUT2D eigenvalue weighted by atomic mass is 9.82. The number of carbonyl (C=O) groups excluding carboxylic acids is 1. The van der Waals surface area contributed by atoms with Gasteiger partial charge in [-0.15, -0.1) is 0 Å². The summed E-state index contributed by atoms with van der Waals surface area (Å²) in [5.74, 6) is 0.00621. The zero-order valence-electron chi connectivity index (χ0n) is 17.7. The number of nitrogens with two attached hydrogens (primary N) is 2. The molecule has 10 heteroatoms. The van der Waals surface area contributed by atoms with Crippen molar-refractivity contribution in [1.29, 1.82) is 0 Å². The zero-order chi connectivity index (χ0) is 22.4. The van der Waals surface area contributed by atoms with Crippen LogP contribution in [0.2, 0.25) is 0 Å². The van der Waals surface area contributed by atoms with Crippen molar-refractivity contribution in [1.82, 2.24) is 9.97 Å². The predicted octanol–water partition coefficient (Wildman–Crippen LogP) is 2.07. The maximum Gasteiger partial charge on any atom is 0.271 e. The minimum atomic E-state index is -2.54. The van der Waals surface area contributed by atoms with Gasteiger partial charge in [0, 0.05) is 17.8 Å². The molecule has 3 rings (SSSR count). The van der Waals surface area contributed by atoms with Crippen molar-refractivity contribution < 1.29 is 13.2 Å². The predicted molar refractivity (Wildman–Crippen MR) is 122 cm³/mol. The molecule has 1 amide bonds. The van der Waals surface area contributed by atoms with Crippen LogP contribution in [-0.2, 0) is 22.9 Å². The van der Waals surface area contributed by atoms with E-state index in [9.17, 15) is 13.2 Å². The number of primary amides is 1. The quantitative estimate of drug-likeness (QED) is 0.367. The smallest absolute Gasteiger partial charge is 0.271 e. The van der Waals surface area contributed by atoms with E-state index in [1.54, 1.807) is 24.3 Å². The summed E-state index contributed by atoms with van der Waals surface area (Å²) in [6.07, 6.45) is 5.91. The van der Waals surface area contributed by atoms with Crippen LogP contribution in [0.3, 0.4) is 0 Å². The number of amides is 1. The average Bonchev–Trinajstić information content (AvgIpc) is 2.72. The molecule has 1 aliphatic rings. The van der Waals surface area contributed by atoms with Crippen molar-refractivity contribution in [3.05, 3.63) is 41.2 Å². The molecule has 1 heterocycles. The third-order valence-electron chi connectivity index (χ3n) is 5.49. The van der Waals surface area contributed by atoms with Gasteiger partial charge in [0.25, 0.3) is 5.91 Å². The lowest BCUT2D eigenvalue weighted by Crippen LogP contribution is -2.47. The number of rotatable bonds is 9. The number of carbonyl (C=O) groups is 1. The monoisotopic (exact) mass is 446 g/mol. The maximum atomic E-state index is 12.0. The van der Waals surface area contributed by atoms with Crippen LogP contribution in [0.1, 0.15) is 60.8 Å². The fourth-order valence-corrected chi connectivity index (χ4v) is 4.34. The second kappa shape index (κ2) is 10.1. The molecule has 1 aliphatic carbocycles. The standard InChI is InChI=1S/C21H30N6O3S/c1-2-16-19(24-13-21(23)9-4-3-5-10-21)27-20(17(26-16)18(22)28)25-15-8-6-7-14(11-15)12-31(29)30/h6-8,11,31H,2-5,9-10,12-13,23H2,1H3,(H2,22,28)(H2,24,25,27). The molecular formula is C21H30N6O3S. The van der Waals surface area contributed by atoms with Gasteiger partial charge in [0.1, 0.15) is 16.5 Å². The fraction of sp³-hybridized carbons (Fsp3) is 0.476. The fourth-order valence-electron chi connectivity index (χ4n) is 3.84. The molecule has 31 heavy (non-hydrogen) atoms. The first-order valence-electron chi connectivity index (χ1n) is 10.5. The van der Waals surface area contributed by atoms with E-state index in [1.807, 2.05) is 6.92 Å². The van der Waals surface area contributed by atoms with E-state index >= 15 is 0 Å². The Morgan fingerprint density at radius 1 is 1.16 bits per heavy atom. The first-order valence-corrected chi connectivity index (χ1v) is 11.9. The normalized spacial score (nSPS) is 15.6. The summed E-state index contributed by atoms with van der Waals surface area (Å²) < 4.78 is 22.1. The third-order valence-corrected chi connectivity index (χ3v) is 6.12. The van der Waals surface area contributed by atoms with E-state index < -0.39 is 16.6 Å². The minimum absolute atomic E-state index is 0.0304. The number of nitrogens with one attached hydrogen (secondary N) is 2. The molecule has 1 saturated carbocycles. The van der Waals surface area contributed by atoms with Gasteiger partial charge in [-0.3, -0.25) is 4.79 Å². The van der Waals surface area contributed by atoms with Gasteiger partial charge in [0.2, 0.25) is 0 Å². The Kier molecular flexibility index (Phi) is 7.45. The molecule has 0 spiro atoms. The van der Waals surface area contributed by atoms with Crippen LogP contribution in [0.4, 0.5) is 17.3 Å². The number of hydrogen-bond donors (Lipinski definition) is 5. The number of thiol groups is 1. The first-order chi connectivity index (χ1) is 14.8.